The van der Waals surface area contributed by atoms with Crippen molar-refractivity contribution >= 4 is 18.0 Å². The summed E-state index contributed by atoms with van der Waals surface area (Å²) >= 11 is 0. The molecular weight excluding hydrogens is 167 g/mol. The van der Waals surface area contributed by atoms with Crippen LogP contribution in [0, 0.1) is 0 Å². The van der Waals surface area contributed by atoms with Crippen molar-refractivity contribution < 1.29 is 13.3 Å². The molecule has 0 N–H and O–H groups in total. The Balaban J connectivity index is 3.87. The van der Waals surface area contributed by atoms with Crippen LogP contribution in [-0.4, -0.2) is 36.3 Å². The zero-order chi connectivity index (χ0) is 8.04. The standard InChI is InChI=1S/C5H15O3PSi/c1-6-10(7-2,8-3)5-4-9/h4-5,9H2,1-3H3. The molecule has 0 aromatic carbocycles. The van der Waals surface area contributed by atoms with Crippen molar-refractivity contribution in [3.05, 3.63) is 0 Å². The van der Waals surface area contributed by atoms with Crippen LogP contribution in [0.3, 0.4) is 0 Å². The Kier molecular flexibility index (Phi) is 5.49. The monoisotopic (exact) mass is 182 g/mol. The summed E-state index contributed by atoms with van der Waals surface area (Å²) < 4.78 is 15.5. The van der Waals surface area contributed by atoms with Crippen molar-refractivity contribution in [2.75, 3.05) is 27.5 Å². The van der Waals surface area contributed by atoms with Gasteiger partial charge in [0.1, 0.15) is 0 Å². The van der Waals surface area contributed by atoms with Gasteiger partial charge in [0, 0.05) is 27.4 Å². The van der Waals surface area contributed by atoms with Gasteiger partial charge in [-0.2, -0.15) is 0 Å². The molecule has 0 spiro atoms. The molecule has 0 aliphatic heterocycles. The second-order valence-electron chi connectivity index (χ2n) is 1.83. The predicted octanol–water partition coefficient (Wildman–Crippen LogP) is 0.740. The van der Waals surface area contributed by atoms with Crippen molar-refractivity contribution in [2.45, 2.75) is 6.04 Å². The van der Waals surface area contributed by atoms with Crippen molar-refractivity contribution in [1.29, 1.82) is 0 Å². The van der Waals surface area contributed by atoms with Crippen molar-refractivity contribution in [3.63, 3.8) is 0 Å². The van der Waals surface area contributed by atoms with Crippen LogP contribution >= 0.6 is 9.24 Å². The average molecular weight is 182 g/mol. The van der Waals surface area contributed by atoms with E-state index >= 15 is 0 Å². The highest BCUT2D eigenvalue weighted by atomic mass is 31.0. The molecule has 0 aromatic heterocycles. The molecular formula is C5H15O3PSi. The van der Waals surface area contributed by atoms with Gasteiger partial charge in [0.2, 0.25) is 0 Å². The number of rotatable bonds is 5. The summed E-state index contributed by atoms with van der Waals surface area (Å²) in [5.74, 6) is 0. The first-order chi connectivity index (χ1) is 4.74. The summed E-state index contributed by atoms with van der Waals surface area (Å²) in [5, 5.41) is 0. The van der Waals surface area contributed by atoms with Gasteiger partial charge in [-0.1, -0.05) is 0 Å². The third-order valence-electron chi connectivity index (χ3n) is 1.38. The Labute approximate surface area is 65.6 Å². The van der Waals surface area contributed by atoms with Crippen LogP contribution in [0.4, 0.5) is 0 Å². The molecule has 0 saturated carbocycles. The van der Waals surface area contributed by atoms with Crippen molar-refractivity contribution in [3.8, 4) is 0 Å². The van der Waals surface area contributed by atoms with E-state index in [-0.39, 0.29) is 0 Å². The lowest BCUT2D eigenvalue weighted by Gasteiger charge is -2.23. The highest BCUT2D eigenvalue weighted by Crippen LogP contribution is 2.13. The maximum Gasteiger partial charge on any atom is 0.500 e. The minimum Gasteiger partial charge on any atom is -0.377 e. The Bertz CT molecular complexity index is 78.7. The van der Waals surface area contributed by atoms with Crippen LogP contribution in [0.2, 0.25) is 6.04 Å². The Morgan fingerprint density at radius 3 is 1.60 bits per heavy atom. The molecule has 3 nitrogen and oxygen atoms in total. The van der Waals surface area contributed by atoms with Gasteiger partial charge in [-0.05, 0) is 6.16 Å². The summed E-state index contributed by atoms with van der Waals surface area (Å²) in [6, 6.07) is 0.848. The van der Waals surface area contributed by atoms with E-state index in [1.165, 1.54) is 0 Å². The summed E-state index contributed by atoms with van der Waals surface area (Å²) in [6.07, 6.45) is 0.946. The zero-order valence-corrected chi connectivity index (χ0v) is 8.87. The highest BCUT2D eigenvalue weighted by molar-refractivity contribution is 7.16. The van der Waals surface area contributed by atoms with E-state index < -0.39 is 8.80 Å². The van der Waals surface area contributed by atoms with Crippen molar-refractivity contribution in [1.82, 2.24) is 0 Å². The first-order valence-electron chi connectivity index (χ1n) is 3.10. The van der Waals surface area contributed by atoms with Gasteiger partial charge in [0.25, 0.3) is 0 Å². The molecule has 0 radical (unpaired) electrons. The maximum atomic E-state index is 5.16. The fourth-order valence-corrected chi connectivity index (χ4v) is 3.26. The van der Waals surface area contributed by atoms with Crippen LogP contribution in [0.5, 0.6) is 0 Å². The fraction of sp³-hybridized carbons (Fsp3) is 1.00. The van der Waals surface area contributed by atoms with Gasteiger partial charge >= 0.3 is 8.80 Å². The molecule has 10 heavy (non-hydrogen) atoms. The third kappa shape index (κ3) is 2.64. The molecule has 1 atom stereocenters. The molecule has 0 aromatic rings. The molecule has 0 aliphatic carbocycles. The molecule has 0 saturated heterocycles. The molecule has 0 aliphatic rings. The van der Waals surface area contributed by atoms with E-state index in [0.717, 1.165) is 12.2 Å². The minimum absolute atomic E-state index is 0.848. The summed E-state index contributed by atoms with van der Waals surface area (Å²) in [4.78, 5) is 0. The molecule has 0 bridgehead atoms. The average Bonchev–Trinajstić information content (AvgIpc) is 2.01. The zero-order valence-electron chi connectivity index (χ0n) is 6.72. The Hall–Kier alpha value is 0.527. The molecule has 0 heterocycles. The maximum absolute atomic E-state index is 5.16. The SMILES string of the molecule is CO[Si](CCP)(OC)OC. The summed E-state index contributed by atoms with van der Waals surface area (Å²) in [5.41, 5.74) is 0. The minimum atomic E-state index is -2.24. The fourth-order valence-electron chi connectivity index (χ4n) is 0.733. The lowest BCUT2D eigenvalue weighted by atomic mass is 11.0. The molecule has 0 amide bonds. The molecule has 0 rings (SSSR count). The Morgan fingerprint density at radius 1 is 1.10 bits per heavy atom. The molecule has 5 heteroatoms. The predicted molar refractivity (Wildman–Crippen MR) is 46.2 cm³/mol. The second-order valence-corrected chi connectivity index (χ2v) is 5.50. The van der Waals surface area contributed by atoms with Crippen LogP contribution in [0.15, 0.2) is 0 Å². The second kappa shape index (κ2) is 5.21. The Morgan fingerprint density at radius 2 is 1.50 bits per heavy atom. The number of hydrogen-bond donors (Lipinski definition) is 0. The van der Waals surface area contributed by atoms with E-state index in [4.69, 9.17) is 13.3 Å². The smallest absolute Gasteiger partial charge is 0.377 e. The highest BCUT2D eigenvalue weighted by Gasteiger charge is 2.36. The summed E-state index contributed by atoms with van der Waals surface area (Å²) in [7, 11) is 5.26. The number of hydrogen-bond acceptors (Lipinski definition) is 3. The molecule has 62 valence electrons. The lowest BCUT2D eigenvalue weighted by molar-refractivity contribution is 0.125. The lowest BCUT2D eigenvalue weighted by Crippen LogP contribution is -2.42. The van der Waals surface area contributed by atoms with Gasteiger partial charge in [0.05, 0.1) is 0 Å². The van der Waals surface area contributed by atoms with Gasteiger partial charge < -0.3 is 13.3 Å². The first-order valence-corrected chi connectivity index (χ1v) is 5.85. The largest absolute Gasteiger partial charge is 0.500 e. The van der Waals surface area contributed by atoms with E-state index in [9.17, 15) is 0 Å². The molecule has 0 fully saturated rings. The van der Waals surface area contributed by atoms with Crippen LogP contribution in [0.25, 0.3) is 0 Å². The topological polar surface area (TPSA) is 27.7 Å². The van der Waals surface area contributed by atoms with E-state index in [2.05, 4.69) is 9.24 Å². The van der Waals surface area contributed by atoms with E-state index in [0.29, 0.717) is 0 Å². The van der Waals surface area contributed by atoms with Crippen LogP contribution in [0.1, 0.15) is 0 Å². The third-order valence-corrected chi connectivity index (χ3v) is 5.02. The molecule has 1 unspecified atom stereocenters. The summed E-state index contributed by atoms with van der Waals surface area (Å²) in [6.45, 7) is 0. The van der Waals surface area contributed by atoms with Gasteiger partial charge in [-0.3, -0.25) is 0 Å². The normalized spacial score (nSPS) is 12.0. The van der Waals surface area contributed by atoms with E-state index in [1.54, 1.807) is 21.3 Å². The van der Waals surface area contributed by atoms with Crippen LogP contribution < -0.4 is 0 Å². The van der Waals surface area contributed by atoms with Crippen molar-refractivity contribution in [2.24, 2.45) is 0 Å². The van der Waals surface area contributed by atoms with E-state index in [1.807, 2.05) is 0 Å². The quantitative estimate of drug-likeness (QED) is 0.463. The van der Waals surface area contributed by atoms with Crippen LogP contribution in [-0.2, 0) is 13.3 Å². The van der Waals surface area contributed by atoms with Gasteiger partial charge in [-0.25, -0.2) is 0 Å². The van der Waals surface area contributed by atoms with Gasteiger partial charge in [-0.15, -0.1) is 9.24 Å². The first kappa shape index (κ1) is 10.5. The van der Waals surface area contributed by atoms with Gasteiger partial charge in [0.15, 0.2) is 0 Å².